The molecule has 1 saturated heterocycles. The summed E-state index contributed by atoms with van der Waals surface area (Å²) in [5.74, 6) is 1.13. The molecule has 0 unspecified atom stereocenters. The van der Waals surface area contributed by atoms with Crippen LogP contribution in [-0.4, -0.2) is 69.4 Å². The second-order valence-electron chi connectivity index (χ2n) is 6.27. The Kier molecular flexibility index (Phi) is 5.57. The average molecular weight is 285 g/mol. The van der Waals surface area contributed by atoms with Gasteiger partial charge in [0.1, 0.15) is 12.2 Å². The lowest BCUT2D eigenvalue weighted by Gasteiger charge is -2.45. The lowest BCUT2D eigenvalue weighted by Crippen LogP contribution is -2.63. The third-order valence-corrected chi connectivity index (χ3v) is 4.93. The number of β-amino-alcohol motifs (C(OH)–C–C–N with tert-alkyl or cyclic N) is 1. The first-order valence-corrected chi connectivity index (χ1v) is 7.58. The number of piperidine rings is 1. The normalized spacial score (nSPS) is 43.4. The number of aliphatic hydroxyl groups excluding tert-OH is 4. The van der Waals surface area contributed by atoms with Gasteiger partial charge >= 0.3 is 0 Å². The summed E-state index contributed by atoms with van der Waals surface area (Å²) in [7, 11) is 0. The van der Waals surface area contributed by atoms with Crippen LogP contribution in [0, 0.1) is 11.8 Å². The standard InChI is InChI=1S/C15H27NO4/c1-2-10-3-5-11(6-4-10)7-16-8-13(18)15(20)14(19)12(16)9-17/h2,10-15,17-20H,1,3-9H2/t10?,11?,12-,13+,14-,15-/m1/s1. The molecule has 20 heavy (non-hydrogen) atoms. The Bertz CT molecular complexity index is 317. The van der Waals surface area contributed by atoms with E-state index in [-0.39, 0.29) is 6.61 Å². The molecule has 0 radical (unpaired) electrons. The molecular weight excluding hydrogens is 258 g/mol. The molecular formula is C15H27NO4. The number of nitrogens with zero attached hydrogens (tertiary/aromatic N) is 1. The van der Waals surface area contributed by atoms with Gasteiger partial charge in [0.25, 0.3) is 0 Å². The van der Waals surface area contributed by atoms with E-state index < -0.39 is 24.4 Å². The Morgan fingerprint density at radius 3 is 2.25 bits per heavy atom. The maximum atomic E-state index is 9.96. The highest BCUT2D eigenvalue weighted by molar-refractivity contribution is 4.95. The van der Waals surface area contributed by atoms with Crippen molar-refractivity contribution >= 4 is 0 Å². The highest BCUT2D eigenvalue weighted by Gasteiger charge is 2.41. The quantitative estimate of drug-likeness (QED) is 0.535. The van der Waals surface area contributed by atoms with Gasteiger partial charge in [-0.05, 0) is 37.5 Å². The van der Waals surface area contributed by atoms with Crippen LogP contribution in [0.1, 0.15) is 25.7 Å². The zero-order valence-corrected chi connectivity index (χ0v) is 11.9. The van der Waals surface area contributed by atoms with Crippen LogP contribution in [0.25, 0.3) is 0 Å². The molecule has 0 spiro atoms. The lowest BCUT2D eigenvalue weighted by atomic mass is 9.81. The average Bonchev–Trinajstić information content (AvgIpc) is 2.46. The monoisotopic (exact) mass is 285 g/mol. The van der Waals surface area contributed by atoms with Gasteiger partial charge in [-0.15, -0.1) is 6.58 Å². The number of aliphatic hydroxyl groups is 4. The largest absolute Gasteiger partial charge is 0.395 e. The molecule has 0 aromatic heterocycles. The molecule has 4 atom stereocenters. The fourth-order valence-corrected chi connectivity index (χ4v) is 3.53. The first-order valence-electron chi connectivity index (χ1n) is 7.58. The summed E-state index contributed by atoms with van der Waals surface area (Å²) in [5, 5.41) is 38.9. The molecule has 1 saturated carbocycles. The van der Waals surface area contributed by atoms with Crippen molar-refractivity contribution in [1.29, 1.82) is 0 Å². The van der Waals surface area contributed by atoms with Gasteiger partial charge in [0, 0.05) is 13.1 Å². The third-order valence-electron chi connectivity index (χ3n) is 4.93. The molecule has 2 rings (SSSR count). The molecule has 4 N–H and O–H groups in total. The van der Waals surface area contributed by atoms with Gasteiger partial charge in [0.05, 0.1) is 18.8 Å². The summed E-state index contributed by atoms with van der Waals surface area (Å²) >= 11 is 0. The van der Waals surface area contributed by atoms with Gasteiger partial charge in [-0.3, -0.25) is 4.90 Å². The van der Waals surface area contributed by atoms with E-state index in [1.54, 1.807) is 0 Å². The second-order valence-corrected chi connectivity index (χ2v) is 6.27. The van der Waals surface area contributed by atoms with Crippen molar-refractivity contribution in [3.05, 3.63) is 12.7 Å². The zero-order chi connectivity index (χ0) is 14.7. The summed E-state index contributed by atoms with van der Waals surface area (Å²) in [5.41, 5.74) is 0. The predicted octanol–water partition coefficient (Wildman–Crippen LogP) is -0.262. The highest BCUT2D eigenvalue weighted by atomic mass is 16.4. The van der Waals surface area contributed by atoms with Crippen molar-refractivity contribution in [3.8, 4) is 0 Å². The minimum Gasteiger partial charge on any atom is -0.395 e. The molecule has 5 heteroatoms. The van der Waals surface area contributed by atoms with Crippen LogP contribution in [0.3, 0.4) is 0 Å². The number of hydrogen-bond donors (Lipinski definition) is 4. The first-order chi connectivity index (χ1) is 9.56. The number of likely N-dealkylation sites (tertiary alicyclic amines) is 1. The van der Waals surface area contributed by atoms with Crippen molar-refractivity contribution in [2.24, 2.45) is 11.8 Å². The molecule has 2 aliphatic rings. The second kappa shape index (κ2) is 7.00. The molecule has 0 amide bonds. The number of hydrogen-bond acceptors (Lipinski definition) is 5. The maximum absolute atomic E-state index is 9.96. The van der Waals surface area contributed by atoms with E-state index in [1.807, 2.05) is 11.0 Å². The molecule has 1 aliphatic carbocycles. The van der Waals surface area contributed by atoms with Crippen LogP contribution in [0.2, 0.25) is 0 Å². The van der Waals surface area contributed by atoms with Crippen molar-refractivity contribution in [1.82, 2.24) is 4.90 Å². The lowest BCUT2D eigenvalue weighted by molar-refractivity contribution is -0.148. The van der Waals surface area contributed by atoms with E-state index in [4.69, 9.17) is 0 Å². The van der Waals surface area contributed by atoms with E-state index in [0.717, 1.165) is 32.2 Å². The molecule has 0 aromatic carbocycles. The Hall–Kier alpha value is -0.460. The minimum absolute atomic E-state index is 0.201. The van der Waals surface area contributed by atoms with Crippen molar-refractivity contribution in [3.63, 3.8) is 0 Å². The molecule has 0 aromatic rings. The van der Waals surface area contributed by atoms with Gasteiger partial charge in [-0.25, -0.2) is 0 Å². The Morgan fingerprint density at radius 2 is 1.70 bits per heavy atom. The Morgan fingerprint density at radius 1 is 1.05 bits per heavy atom. The van der Waals surface area contributed by atoms with Crippen LogP contribution in [0.4, 0.5) is 0 Å². The third kappa shape index (κ3) is 3.40. The topological polar surface area (TPSA) is 84.2 Å². The van der Waals surface area contributed by atoms with Crippen LogP contribution in [-0.2, 0) is 0 Å². The molecule has 1 aliphatic heterocycles. The van der Waals surface area contributed by atoms with E-state index in [1.165, 1.54) is 0 Å². The van der Waals surface area contributed by atoms with Crippen molar-refractivity contribution < 1.29 is 20.4 Å². The summed E-state index contributed by atoms with van der Waals surface area (Å²) < 4.78 is 0. The molecule has 5 nitrogen and oxygen atoms in total. The Labute approximate surface area is 120 Å². The number of rotatable bonds is 4. The van der Waals surface area contributed by atoms with Gasteiger partial charge < -0.3 is 20.4 Å². The summed E-state index contributed by atoms with van der Waals surface area (Å²) in [6, 6.07) is -0.481. The van der Waals surface area contributed by atoms with Gasteiger partial charge in [0.15, 0.2) is 0 Å². The van der Waals surface area contributed by atoms with Crippen molar-refractivity contribution in [2.75, 3.05) is 19.7 Å². The van der Waals surface area contributed by atoms with Gasteiger partial charge in [-0.1, -0.05) is 6.08 Å². The fourth-order valence-electron chi connectivity index (χ4n) is 3.53. The van der Waals surface area contributed by atoms with E-state index in [9.17, 15) is 20.4 Å². The summed E-state index contributed by atoms with van der Waals surface area (Å²) in [6.07, 6.45) is 3.32. The van der Waals surface area contributed by atoms with Gasteiger partial charge in [-0.2, -0.15) is 0 Å². The van der Waals surface area contributed by atoms with Gasteiger partial charge in [0.2, 0.25) is 0 Å². The first kappa shape index (κ1) is 15.9. The maximum Gasteiger partial charge on any atom is 0.109 e. The molecule has 0 bridgehead atoms. The van der Waals surface area contributed by atoms with Crippen LogP contribution >= 0.6 is 0 Å². The fraction of sp³-hybridized carbons (Fsp3) is 0.867. The van der Waals surface area contributed by atoms with E-state index in [2.05, 4.69) is 6.58 Å². The predicted molar refractivity (Wildman–Crippen MR) is 76.1 cm³/mol. The van der Waals surface area contributed by atoms with Crippen LogP contribution in [0.15, 0.2) is 12.7 Å². The Balaban J connectivity index is 1.92. The van der Waals surface area contributed by atoms with E-state index in [0.29, 0.717) is 18.4 Å². The molecule has 116 valence electrons. The van der Waals surface area contributed by atoms with Crippen LogP contribution in [0.5, 0.6) is 0 Å². The highest BCUT2D eigenvalue weighted by Crippen LogP contribution is 2.31. The minimum atomic E-state index is -1.17. The zero-order valence-electron chi connectivity index (χ0n) is 11.9. The molecule has 2 fully saturated rings. The summed E-state index contributed by atoms with van der Waals surface area (Å²) in [6.45, 7) is 4.71. The number of allylic oxidation sites excluding steroid dienone is 1. The smallest absolute Gasteiger partial charge is 0.109 e. The van der Waals surface area contributed by atoms with Crippen molar-refractivity contribution in [2.45, 2.75) is 50.0 Å². The molecule has 1 heterocycles. The van der Waals surface area contributed by atoms with Crippen LogP contribution < -0.4 is 0 Å². The summed E-state index contributed by atoms with van der Waals surface area (Å²) in [4.78, 5) is 1.93. The SMILES string of the molecule is C=CC1CCC(CN2C[C@H](O)[C@@H](O)[C@H](O)[C@H]2CO)CC1. The van der Waals surface area contributed by atoms with E-state index >= 15 is 0 Å².